The Morgan fingerprint density at radius 3 is 3.08 bits per heavy atom. The van der Waals surface area contributed by atoms with Crippen LogP contribution in [-0.4, -0.2) is 59.4 Å². The Morgan fingerprint density at radius 2 is 2.20 bits per heavy atom. The monoisotopic (exact) mass is 340 g/mol. The normalized spacial score (nSPS) is 23.8. The lowest BCUT2D eigenvalue weighted by Gasteiger charge is -2.42. The second-order valence-corrected chi connectivity index (χ2v) is 6.84. The maximum Gasteiger partial charge on any atom is 0.269 e. The molecule has 2 fully saturated rings. The second kappa shape index (κ2) is 7.37. The molecule has 0 radical (unpaired) electrons. The van der Waals surface area contributed by atoms with Crippen molar-refractivity contribution in [3.63, 3.8) is 0 Å². The first kappa shape index (κ1) is 16.3. The summed E-state index contributed by atoms with van der Waals surface area (Å²) < 4.78 is 5.93. The first-order valence-electron chi connectivity index (χ1n) is 9.04. The van der Waals surface area contributed by atoms with Crippen molar-refractivity contribution in [2.75, 3.05) is 26.2 Å². The fourth-order valence-electron chi connectivity index (χ4n) is 3.67. The molecule has 6 nitrogen and oxygen atoms in total. The Labute approximate surface area is 147 Å². The van der Waals surface area contributed by atoms with Gasteiger partial charge in [-0.1, -0.05) is 36.8 Å². The molecule has 1 amide bonds. The van der Waals surface area contributed by atoms with Crippen molar-refractivity contribution in [2.45, 2.75) is 31.4 Å². The molecule has 0 saturated carbocycles. The molecule has 4 rings (SSSR count). The fraction of sp³-hybridized carbons (Fsp3) is 0.474. The van der Waals surface area contributed by atoms with E-state index in [1.54, 1.807) is 6.07 Å². The Kier molecular flexibility index (Phi) is 4.81. The Morgan fingerprint density at radius 1 is 1.32 bits per heavy atom. The molecule has 2 aliphatic rings. The van der Waals surface area contributed by atoms with E-state index in [1.165, 1.54) is 19.3 Å². The Balaban J connectivity index is 1.31. The maximum atomic E-state index is 12.4. The Bertz CT molecular complexity index is 715. The highest BCUT2D eigenvalue weighted by molar-refractivity contribution is 5.93. The lowest BCUT2D eigenvalue weighted by molar-refractivity contribution is -0.0725. The van der Waals surface area contributed by atoms with E-state index in [0.717, 1.165) is 31.0 Å². The van der Waals surface area contributed by atoms with Gasteiger partial charge in [-0.05, 0) is 25.5 Å². The molecule has 0 aliphatic carbocycles. The number of amides is 1. The van der Waals surface area contributed by atoms with Crippen LogP contribution in [0, 0.1) is 0 Å². The van der Waals surface area contributed by atoms with Gasteiger partial charge in [0.25, 0.3) is 5.91 Å². The van der Waals surface area contributed by atoms with Crippen molar-refractivity contribution in [3.05, 3.63) is 42.1 Å². The number of carbonyl (C=O) groups excluding carboxylic acids is 1. The molecule has 2 aromatic rings. The summed E-state index contributed by atoms with van der Waals surface area (Å²) in [5, 5.41) is 10.0. The quantitative estimate of drug-likeness (QED) is 0.894. The lowest BCUT2D eigenvalue weighted by atomic mass is 10.0. The fourth-order valence-corrected chi connectivity index (χ4v) is 3.67. The second-order valence-electron chi connectivity index (χ2n) is 6.84. The van der Waals surface area contributed by atoms with Gasteiger partial charge in [0.2, 0.25) is 0 Å². The highest BCUT2D eigenvalue weighted by Crippen LogP contribution is 2.22. The van der Waals surface area contributed by atoms with E-state index < -0.39 is 0 Å². The first-order valence-corrected chi connectivity index (χ1v) is 9.04. The van der Waals surface area contributed by atoms with Crippen LogP contribution < -0.4 is 5.32 Å². The van der Waals surface area contributed by atoms with Crippen LogP contribution in [0.3, 0.4) is 0 Å². The van der Waals surface area contributed by atoms with Crippen LogP contribution in [0.5, 0.6) is 0 Å². The predicted octanol–water partition coefficient (Wildman–Crippen LogP) is 2.06. The molecule has 2 saturated heterocycles. The van der Waals surface area contributed by atoms with Gasteiger partial charge in [-0.2, -0.15) is 5.10 Å². The van der Waals surface area contributed by atoms with Gasteiger partial charge in [0.1, 0.15) is 5.69 Å². The molecule has 132 valence electrons. The minimum absolute atomic E-state index is 0.0646. The molecule has 2 N–H and O–H groups in total. The van der Waals surface area contributed by atoms with E-state index in [0.29, 0.717) is 18.3 Å². The summed E-state index contributed by atoms with van der Waals surface area (Å²) in [4.78, 5) is 14.9. The van der Waals surface area contributed by atoms with Crippen LogP contribution in [0.25, 0.3) is 11.3 Å². The molecule has 2 atom stereocenters. The van der Waals surface area contributed by atoms with Gasteiger partial charge in [0.15, 0.2) is 0 Å². The third-order valence-electron chi connectivity index (χ3n) is 5.09. The van der Waals surface area contributed by atoms with Crippen LogP contribution in [0.15, 0.2) is 36.4 Å². The average Bonchev–Trinajstić information content (AvgIpc) is 3.17. The largest absolute Gasteiger partial charge is 0.373 e. The first-order chi connectivity index (χ1) is 12.3. The minimum atomic E-state index is -0.140. The number of rotatable bonds is 4. The van der Waals surface area contributed by atoms with Crippen LogP contribution in [0.2, 0.25) is 0 Å². The van der Waals surface area contributed by atoms with Crippen LogP contribution in [0.1, 0.15) is 29.8 Å². The number of nitrogens with zero attached hydrogens (tertiary/aromatic N) is 2. The molecule has 0 spiro atoms. The molecular weight excluding hydrogens is 316 g/mol. The third-order valence-corrected chi connectivity index (χ3v) is 5.09. The van der Waals surface area contributed by atoms with Gasteiger partial charge in [-0.15, -0.1) is 0 Å². The number of piperidine rings is 1. The molecule has 25 heavy (non-hydrogen) atoms. The summed E-state index contributed by atoms with van der Waals surface area (Å²) in [5.41, 5.74) is 2.24. The smallest absolute Gasteiger partial charge is 0.269 e. The van der Waals surface area contributed by atoms with Crippen molar-refractivity contribution >= 4 is 5.91 Å². The number of ether oxygens (including phenoxy) is 1. The number of hydrogen-bond donors (Lipinski definition) is 2. The number of carbonyl (C=O) groups is 1. The summed E-state index contributed by atoms with van der Waals surface area (Å²) in [5.74, 6) is -0.140. The van der Waals surface area contributed by atoms with E-state index in [1.807, 2.05) is 30.3 Å². The van der Waals surface area contributed by atoms with Crippen LogP contribution in [-0.2, 0) is 4.74 Å². The molecule has 1 aromatic carbocycles. The summed E-state index contributed by atoms with van der Waals surface area (Å²) in [6.07, 6.45) is 3.87. The van der Waals surface area contributed by atoms with Gasteiger partial charge in [0, 0.05) is 24.7 Å². The standard InChI is InChI=1S/C19H24N4O2/c24-19(18-10-17(21-22-18)14-6-2-1-3-7-14)20-11-16-12-23-9-5-4-8-15(23)13-25-16/h1-3,6-7,10,15-16H,4-5,8-9,11-13H2,(H,20,24)(H,21,22)/t15-,16-/m0/s1. The van der Waals surface area contributed by atoms with Crippen molar-refractivity contribution in [2.24, 2.45) is 0 Å². The highest BCUT2D eigenvalue weighted by atomic mass is 16.5. The van der Waals surface area contributed by atoms with Crippen molar-refractivity contribution in [3.8, 4) is 11.3 Å². The molecule has 2 aliphatic heterocycles. The lowest BCUT2D eigenvalue weighted by Crippen LogP contribution is -2.54. The molecule has 0 bridgehead atoms. The third kappa shape index (κ3) is 3.75. The molecule has 0 unspecified atom stereocenters. The number of fused-ring (bicyclic) bond motifs is 1. The zero-order chi connectivity index (χ0) is 17.1. The van der Waals surface area contributed by atoms with Crippen LogP contribution >= 0.6 is 0 Å². The summed E-state index contributed by atoms with van der Waals surface area (Å²) in [6.45, 7) is 3.37. The summed E-state index contributed by atoms with van der Waals surface area (Å²) >= 11 is 0. The highest BCUT2D eigenvalue weighted by Gasteiger charge is 2.30. The van der Waals surface area contributed by atoms with Gasteiger partial charge < -0.3 is 10.1 Å². The SMILES string of the molecule is O=C(NC[C@H]1CN2CCCC[C@H]2CO1)c1cc(-c2ccccc2)n[nH]1. The van der Waals surface area contributed by atoms with Crippen LogP contribution in [0.4, 0.5) is 0 Å². The van der Waals surface area contributed by atoms with Gasteiger partial charge >= 0.3 is 0 Å². The Hall–Kier alpha value is -2.18. The van der Waals surface area contributed by atoms with Crippen molar-refractivity contribution in [1.29, 1.82) is 0 Å². The zero-order valence-electron chi connectivity index (χ0n) is 14.3. The molecule has 1 aromatic heterocycles. The molecule has 6 heteroatoms. The average molecular weight is 340 g/mol. The number of H-pyrrole nitrogens is 1. The summed E-state index contributed by atoms with van der Waals surface area (Å²) in [6, 6.07) is 12.2. The number of aromatic amines is 1. The maximum absolute atomic E-state index is 12.4. The van der Waals surface area contributed by atoms with Gasteiger partial charge in [-0.3, -0.25) is 14.8 Å². The van der Waals surface area contributed by atoms with E-state index in [-0.39, 0.29) is 12.0 Å². The minimum Gasteiger partial charge on any atom is -0.373 e. The number of aromatic nitrogens is 2. The molecular formula is C19H24N4O2. The topological polar surface area (TPSA) is 70.2 Å². The van der Waals surface area contributed by atoms with E-state index in [9.17, 15) is 4.79 Å². The van der Waals surface area contributed by atoms with E-state index >= 15 is 0 Å². The van der Waals surface area contributed by atoms with Crippen molar-refractivity contribution in [1.82, 2.24) is 20.4 Å². The number of benzene rings is 1. The summed E-state index contributed by atoms with van der Waals surface area (Å²) in [7, 11) is 0. The number of hydrogen-bond acceptors (Lipinski definition) is 4. The predicted molar refractivity (Wildman–Crippen MR) is 95.3 cm³/mol. The van der Waals surface area contributed by atoms with Gasteiger partial charge in [-0.25, -0.2) is 0 Å². The number of morpholine rings is 1. The van der Waals surface area contributed by atoms with Crippen molar-refractivity contribution < 1.29 is 9.53 Å². The van der Waals surface area contributed by atoms with Gasteiger partial charge in [0.05, 0.1) is 18.4 Å². The van der Waals surface area contributed by atoms with E-state index in [2.05, 4.69) is 20.4 Å². The zero-order valence-corrected chi connectivity index (χ0v) is 14.3. The van der Waals surface area contributed by atoms with E-state index in [4.69, 9.17) is 4.74 Å². The molecule has 3 heterocycles. The number of nitrogens with one attached hydrogen (secondary N) is 2.